The van der Waals surface area contributed by atoms with E-state index in [0.29, 0.717) is 11.0 Å². The second kappa shape index (κ2) is 2.17. The van der Waals surface area contributed by atoms with Gasteiger partial charge in [0.15, 0.2) is 0 Å². The molecule has 0 spiro atoms. The Balaban J connectivity index is 3.25. The van der Waals surface area contributed by atoms with Gasteiger partial charge in [0, 0.05) is 6.20 Å². The van der Waals surface area contributed by atoms with Gasteiger partial charge in [-0.05, 0) is 12.5 Å². The van der Waals surface area contributed by atoms with Gasteiger partial charge in [0.2, 0.25) is 0 Å². The van der Waals surface area contributed by atoms with Gasteiger partial charge in [0.25, 0.3) is 0 Å². The van der Waals surface area contributed by atoms with Crippen molar-refractivity contribution in [2.24, 2.45) is 0 Å². The fourth-order valence-corrected chi connectivity index (χ4v) is 0.515. The first-order chi connectivity index (χ1) is 4.22. The predicted octanol–water partition coefficient (Wildman–Crippen LogP) is 0.323. The molecule has 1 aromatic rings. The van der Waals surface area contributed by atoms with Gasteiger partial charge < -0.3 is 0 Å². The van der Waals surface area contributed by atoms with Crippen LogP contribution in [0.5, 0.6) is 0 Å². The first kappa shape index (κ1) is 6.27. The molecule has 0 unspecified atom stereocenters. The van der Waals surface area contributed by atoms with Crippen LogP contribution in [-0.4, -0.2) is 12.8 Å². The van der Waals surface area contributed by atoms with Crippen molar-refractivity contribution in [3.05, 3.63) is 23.8 Å². The highest BCUT2D eigenvalue weighted by molar-refractivity contribution is 6.33. The maximum absolute atomic E-state index is 12.4. The summed E-state index contributed by atoms with van der Waals surface area (Å²) < 4.78 is 12.4. The molecule has 0 saturated carbocycles. The number of rotatable bonds is 0. The topological polar surface area (TPSA) is 12.9 Å². The molecule has 0 aliphatic carbocycles. The smallest absolute Gasteiger partial charge is 0.143 e. The molecule has 1 rings (SSSR count). The van der Waals surface area contributed by atoms with Crippen molar-refractivity contribution in [2.45, 2.75) is 6.92 Å². The van der Waals surface area contributed by atoms with E-state index in [9.17, 15) is 4.39 Å². The van der Waals surface area contributed by atoms with Gasteiger partial charge in [0.1, 0.15) is 13.7 Å². The van der Waals surface area contributed by atoms with E-state index in [4.69, 9.17) is 7.85 Å². The van der Waals surface area contributed by atoms with Gasteiger partial charge in [-0.1, -0.05) is 5.46 Å². The molecule has 3 heteroatoms. The lowest BCUT2D eigenvalue weighted by Gasteiger charge is -1.97. The molecule has 1 aromatic heterocycles. The highest BCUT2D eigenvalue weighted by Crippen LogP contribution is 1.96. The molecule has 9 heavy (non-hydrogen) atoms. The lowest BCUT2D eigenvalue weighted by atomic mass is 9.94. The molecule has 0 amide bonds. The number of halogens is 1. The van der Waals surface area contributed by atoms with Crippen LogP contribution < -0.4 is 5.46 Å². The minimum Gasteiger partial charge on any atom is -0.262 e. The van der Waals surface area contributed by atoms with Crippen molar-refractivity contribution in [1.29, 1.82) is 0 Å². The van der Waals surface area contributed by atoms with Gasteiger partial charge in [-0.3, -0.25) is 4.98 Å². The highest BCUT2D eigenvalue weighted by Gasteiger charge is 1.96. The molecule has 0 bridgehead atoms. The largest absolute Gasteiger partial charge is 0.262 e. The third-order valence-corrected chi connectivity index (χ3v) is 1.19. The van der Waals surface area contributed by atoms with Gasteiger partial charge in [-0.25, -0.2) is 4.39 Å². The van der Waals surface area contributed by atoms with Crippen LogP contribution >= 0.6 is 0 Å². The van der Waals surface area contributed by atoms with Crippen molar-refractivity contribution in [3.8, 4) is 0 Å². The molecule has 0 fully saturated rings. The van der Waals surface area contributed by atoms with Crippen molar-refractivity contribution in [3.63, 3.8) is 0 Å². The average molecular weight is 121 g/mol. The minimum absolute atomic E-state index is 0.352. The Morgan fingerprint density at radius 2 is 2.22 bits per heavy atom. The summed E-state index contributed by atoms with van der Waals surface area (Å²) in [5, 5.41) is 0. The monoisotopic (exact) mass is 121 g/mol. The molecular weight excluding hydrogens is 116 g/mol. The molecule has 0 aromatic carbocycles. The third-order valence-electron chi connectivity index (χ3n) is 1.19. The standard InChI is InChI=1S/C6H5BFN/c1-4-5(7)2-9-3-6(4)8/h2-3H,1H3. The van der Waals surface area contributed by atoms with E-state index in [2.05, 4.69) is 4.98 Å². The highest BCUT2D eigenvalue weighted by atomic mass is 19.1. The molecule has 44 valence electrons. The van der Waals surface area contributed by atoms with E-state index in [-0.39, 0.29) is 5.82 Å². The summed E-state index contributed by atoms with van der Waals surface area (Å²) in [5.41, 5.74) is 0.861. The quantitative estimate of drug-likeness (QED) is 0.450. The molecule has 1 nitrogen and oxygen atoms in total. The van der Waals surface area contributed by atoms with Crippen molar-refractivity contribution in [2.75, 3.05) is 0 Å². The van der Waals surface area contributed by atoms with Crippen molar-refractivity contribution in [1.82, 2.24) is 4.98 Å². The summed E-state index contributed by atoms with van der Waals surface area (Å²) in [7, 11) is 5.32. The molecular formula is C6H5BFN. The molecule has 0 aliphatic heterocycles. The molecule has 0 N–H and O–H groups in total. The average Bonchev–Trinajstić information content (AvgIpc) is 1.83. The van der Waals surface area contributed by atoms with Gasteiger partial charge in [-0.15, -0.1) is 0 Å². The molecule has 0 atom stereocenters. The Morgan fingerprint density at radius 1 is 1.56 bits per heavy atom. The van der Waals surface area contributed by atoms with E-state index in [0.717, 1.165) is 6.20 Å². The Bertz CT molecular complexity index is 204. The zero-order valence-corrected chi connectivity index (χ0v) is 5.06. The van der Waals surface area contributed by atoms with Gasteiger partial charge >= 0.3 is 0 Å². The van der Waals surface area contributed by atoms with E-state index >= 15 is 0 Å². The normalized spacial score (nSPS) is 9.56. The van der Waals surface area contributed by atoms with E-state index in [1.807, 2.05) is 0 Å². The third kappa shape index (κ3) is 1.09. The lowest BCUT2D eigenvalue weighted by Crippen LogP contribution is -2.09. The maximum atomic E-state index is 12.4. The van der Waals surface area contributed by atoms with E-state index in [1.54, 1.807) is 6.92 Å². The molecule has 1 heterocycles. The Hall–Kier alpha value is -0.855. The van der Waals surface area contributed by atoms with Crippen molar-refractivity contribution >= 4 is 13.3 Å². The molecule has 0 saturated heterocycles. The number of hydrogen-bond acceptors (Lipinski definition) is 1. The summed E-state index contributed by atoms with van der Waals surface area (Å²) in [6, 6.07) is 0. The summed E-state index contributed by atoms with van der Waals surface area (Å²) in [4.78, 5) is 3.54. The second-order valence-corrected chi connectivity index (χ2v) is 1.84. The minimum atomic E-state index is -0.352. The molecule has 0 aliphatic rings. The maximum Gasteiger partial charge on any atom is 0.143 e. The SMILES string of the molecule is [B]c1cncc(F)c1C. The van der Waals surface area contributed by atoms with Crippen LogP contribution in [0.2, 0.25) is 0 Å². The van der Waals surface area contributed by atoms with Crippen LogP contribution in [0.1, 0.15) is 5.56 Å². The fourth-order valence-electron chi connectivity index (χ4n) is 0.515. The van der Waals surface area contributed by atoms with Gasteiger partial charge in [-0.2, -0.15) is 0 Å². The number of pyridine rings is 1. The second-order valence-electron chi connectivity index (χ2n) is 1.84. The van der Waals surface area contributed by atoms with Crippen LogP contribution in [0.15, 0.2) is 12.4 Å². The van der Waals surface area contributed by atoms with Crippen LogP contribution in [0.3, 0.4) is 0 Å². The number of aromatic nitrogens is 1. The number of nitrogens with zero attached hydrogens (tertiary/aromatic N) is 1. The van der Waals surface area contributed by atoms with Crippen LogP contribution in [0.4, 0.5) is 4.39 Å². The zero-order chi connectivity index (χ0) is 6.85. The zero-order valence-electron chi connectivity index (χ0n) is 5.06. The van der Waals surface area contributed by atoms with Crippen molar-refractivity contribution < 1.29 is 4.39 Å². The van der Waals surface area contributed by atoms with Crippen LogP contribution in [0, 0.1) is 12.7 Å². The van der Waals surface area contributed by atoms with E-state index in [1.165, 1.54) is 6.20 Å². The first-order valence-electron chi connectivity index (χ1n) is 2.57. The predicted molar refractivity (Wildman–Crippen MR) is 34.3 cm³/mol. The van der Waals surface area contributed by atoms with Crippen LogP contribution in [-0.2, 0) is 0 Å². The van der Waals surface area contributed by atoms with Crippen LogP contribution in [0.25, 0.3) is 0 Å². The lowest BCUT2D eigenvalue weighted by molar-refractivity contribution is 0.614. The summed E-state index contributed by atoms with van der Waals surface area (Å²) >= 11 is 0. The first-order valence-corrected chi connectivity index (χ1v) is 2.57. The summed E-state index contributed by atoms with van der Waals surface area (Å²) in [6.45, 7) is 1.62. The fraction of sp³-hybridized carbons (Fsp3) is 0.167. The Kier molecular flexibility index (Phi) is 1.51. The Morgan fingerprint density at radius 3 is 2.67 bits per heavy atom. The summed E-state index contributed by atoms with van der Waals surface area (Å²) in [6.07, 6.45) is 2.57. The Labute approximate surface area is 54.3 Å². The van der Waals surface area contributed by atoms with Gasteiger partial charge in [0.05, 0.1) is 6.20 Å². The van der Waals surface area contributed by atoms with E-state index < -0.39 is 0 Å². The summed E-state index contributed by atoms with van der Waals surface area (Å²) in [5.74, 6) is -0.352. The molecule has 2 radical (unpaired) electrons. The number of hydrogen-bond donors (Lipinski definition) is 0.